The fourth-order valence-corrected chi connectivity index (χ4v) is 5.28. The average Bonchev–Trinajstić information content (AvgIpc) is 3.21. The zero-order valence-corrected chi connectivity index (χ0v) is 19.0. The monoisotopic (exact) mass is 431 g/mol. The van der Waals surface area contributed by atoms with Crippen molar-refractivity contribution in [3.8, 4) is 11.5 Å². The molecule has 1 aromatic rings. The van der Waals surface area contributed by atoms with E-state index in [9.17, 15) is 4.79 Å². The summed E-state index contributed by atoms with van der Waals surface area (Å²) in [5.41, 5.74) is 1.27. The lowest BCUT2D eigenvalue weighted by atomic mass is 9.94. The van der Waals surface area contributed by atoms with E-state index in [1.54, 1.807) is 7.11 Å². The minimum atomic E-state index is 0.0690. The van der Waals surface area contributed by atoms with E-state index >= 15 is 0 Å². The third-order valence-electron chi connectivity index (χ3n) is 7.00. The zero-order valence-electron chi connectivity index (χ0n) is 19.0. The lowest BCUT2D eigenvalue weighted by Gasteiger charge is -2.43. The smallest absolute Gasteiger partial charge is 0.221 e. The largest absolute Gasteiger partial charge is 0.497 e. The molecule has 1 amide bonds. The maximum atomic E-state index is 12.7. The molecule has 2 aliphatic heterocycles. The minimum absolute atomic E-state index is 0.0690. The van der Waals surface area contributed by atoms with Crippen LogP contribution in [0.5, 0.6) is 11.5 Å². The first-order valence-corrected chi connectivity index (χ1v) is 11.7. The van der Waals surface area contributed by atoms with Crippen LogP contribution >= 0.6 is 0 Å². The average molecular weight is 432 g/mol. The number of hydrogen-bond donors (Lipinski definition) is 1. The second kappa shape index (κ2) is 10.2. The van der Waals surface area contributed by atoms with Crippen LogP contribution in [0.3, 0.4) is 0 Å². The molecule has 1 saturated heterocycles. The van der Waals surface area contributed by atoms with E-state index in [0.717, 1.165) is 69.5 Å². The van der Waals surface area contributed by atoms with Gasteiger partial charge in [0.05, 0.1) is 20.3 Å². The van der Waals surface area contributed by atoms with E-state index < -0.39 is 0 Å². The van der Waals surface area contributed by atoms with Gasteiger partial charge in [-0.1, -0.05) is 18.9 Å². The maximum Gasteiger partial charge on any atom is 0.221 e. The fourth-order valence-electron chi connectivity index (χ4n) is 5.28. The summed E-state index contributed by atoms with van der Waals surface area (Å²) in [6, 6.07) is 5.98. The number of rotatable bonds is 7. The van der Waals surface area contributed by atoms with Crippen molar-refractivity contribution in [2.24, 2.45) is 0 Å². The summed E-state index contributed by atoms with van der Waals surface area (Å²) in [5.74, 6) is 1.83. The van der Waals surface area contributed by atoms with Crippen LogP contribution in [0.15, 0.2) is 18.2 Å². The topological polar surface area (TPSA) is 63.3 Å². The van der Waals surface area contributed by atoms with Crippen LogP contribution < -0.4 is 14.8 Å². The Labute approximate surface area is 186 Å². The van der Waals surface area contributed by atoms with Crippen LogP contribution in [0.2, 0.25) is 0 Å². The van der Waals surface area contributed by atoms with Crippen LogP contribution in [0, 0.1) is 0 Å². The van der Waals surface area contributed by atoms with Crippen LogP contribution in [-0.2, 0) is 16.1 Å². The molecule has 3 aliphatic rings. The molecule has 2 fully saturated rings. The first kappa shape index (κ1) is 22.4. The lowest BCUT2D eigenvalue weighted by Crippen LogP contribution is -2.57. The van der Waals surface area contributed by atoms with Gasteiger partial charge in [-0.2, -0.15) is 0 Å². The molecule has 0 bridgehead atoms. The molecule has 1 N–H and O–H groups in total. The number of carbonyl (C=O) groups is 1. The van der Waals surface area contributed by atoms with Crippen LogP contribution in [0.25, 0.3) is 0 Å². The number of nitrogens with one attached hydrogen (secondary N) is 1. The van der Waals surface area contributed by atoms with Crippen molar-refractivity contribution in [2.75, 3.05) is 53.0 Å². The summed E-state index contributed by atoms with van der Waals surface area (Å²) in [6.45, 7) is 8.72. The van der Waals surface area contributed by atoms with Gasteiger partial charge in [-0.3, -0.25) is 14.6 Å². The van der Waals surface area contributed by atoms with Gasteiger partial charge in [0.1, 0.15) is 17.6 Å². The molecule has 172 valence electrons. The first-order chi connectivity index (χ1) is 15.1. The number of amides is 1. The van der Waals surface area contributed by atoms with Gasteiger partial charge < -0.3 is 19.5 Å². The number of hydrogen-bond acceptors (Lipinski definition) is 6. The van der Waals surface area contributed by atoms with E-state index in [1.165, 1.54) is 25.7 Å². The second-order valence-corrected chi connectivity index (χ2v) is 9.19. The summed E-state index contributed by atoms with van der Waals surface area (Å²) >= 11 is 0. The highest BCUT2D eigenvalue weighted by atomic mass is 16.5. The molecule has 1 aliphatic carbocycles. The van der Waals surface area contributed by atoms with Crippen molar-refractivity contribution in [3.05, 3.63) is 23.8 Å². The predicted octanol–water partition coefficient (Wildman–Crippen LogP) is 2.43. The highest BCUT2D eigenvalue weighted by Gasteiger charge is 2.40. The van der Waals surface area contributed by atoms with Crippen molar-refractivity contribution in [3.63, 3.8) is 0 Å². The molecule has 7 nitrogen and oxygen atoms in total. The molecular formula is C24H37N3O4. The van der Waals surface area contributed by atoms with E-state index in [2.05, 4.69) is 28.1 Å². The predicted molar refractivity (Wildman–Crippen MR) is 120 cm³/mol. The summed E-state index contributed by atoms with van der Waals surface area (Å²) < 4.78 is 17.0. The Kier molecular flexibility index (Phi) is 7.35. The Bertz CT molecular complexity index is 744. The highest BCUT2D eigenvalue weighted by molar-refractivity contribution is 5.76. The molecule has 2 heterocycles. The molecule has 1 atom stereocenters. The van der Waals surface area contributed by atoms with Gasteiger partial charge in [0, 0.05) is 62.9 Å². The normalized spacial score (nSPS) is 24.1. The number of methoxy groups -OCH3 is 1. The van der Waals surface area contributed by atoms with Crippen molar-refractivity contribution in [1.82, 2.24) is 15.1 Å². The van der Waals surface area contributed by atoms with Crippen molar-refractivity contribution in [2.45, 2.75) is 57.2 Å². The summed E-state index contributed by atoms with van der Waals surface area (Å²) in [5, 5.41) is 3.27. The van der Waals surface area contributed by atoms with Gasteiger partial charge in [-0.25, -0.2) is 0 Å². The molecule has 1 saturated carbocycles. The molecule has 0 aromatic heterocycles. The van der Waals surface area contributed by atoms with Gasteiger partial charge in [0.15, 0.2) is 0 Å². The maximum absolute atomic E-state index is 12.7. The first-order valence-electron chi connectivity index (χ1n) is 11.7. The van der Waals surface area contributed by atoms with Gasteiger partial charge >= 0.3 is 0 Å². The van der Waals surface area contributed by atoms with Gasteiger partial charge in [0.25, 0.3) is 0 Å². The number of morpholine rings is 1. The molecule has 0 spiro atoms. The summed E-state index contributed by atoms with van der Waals surface area (Å²) in [4.78, 5) is 17.6. The zero-order chi connectivity index (χ0) is 21.7. The van der Waals surface area contributed by atoms with E-state index in [-0.39, 0.29) is 17.6 Å². The number of carbonyl (C=O) groups excluding carboxylic acids is 1. The Morgan fingerprint density at radius 2 is 2.03 bits per heavy atom. The highest BCUT2D eigenvalue weighted by Crippen LogP contribution is 2.35. The Morgan fingerprint density at radius 3 is 2.77 bits per heavy atom. The van der Waals surface area contributed by atoms with Crippen LogP contribution in [0.1, 0.15) is 44.6 Å². The Balaban J connectivity index is 1.29. The molecule has 1 unspecified atom stereocenters. The second-order valence-electron chi connectivity index (χ2n) is 9.19. The van der Waals surface area contributed by atoms with Crippen molar-refractivity contribution < 1.29 is 19.0 Å². The van der Waals surface area contributed by atoms with Crippen LogP contribution in [0.4, 0.5) is 0 Å². The molecule has 0 radical (unpaired) electrons. The van der Waals surface area contributed by atoms with Gasteiger partial charge in [-0.05, 0) is 25.8 Å². The fraction of sp³-hybridized carbons (Fsp3) is 0.708. The SMILES string of the molecule is COc1ccc2c(c1)OC(C)CN(CCC(=O)NCC1(N3CCOCC3)CCCC1)C2. The van der Waals surface area contributed by atoms with E-state index in [0.29, 0.717) is 6.42 Å². The third-order valence-corrected chi connectivity index (χ3v) is 7.00. The van der Waals surface area contributed by atoms with E-state index in [4.69, 9.17) is 14.2 Å². The standard InChI is InChI=1S/C24H37N3O4/c1-19-16-26(17-20-5-6-21(29-2)15-22(20)31-19)10-7-23(28)25-18-24(8-3-4-9-24)27-11-13-30-14-12-27/h5-6,15,19H,3-4,7-14,16-18H2,1-2H3,(H,25,28). The number of ether oxygens (including phenoxy) is 3. The quantitative estimate of drug-likeness (QED) is 0.716. The third kappa shape index (κ3) is 5.51. The molecule has 1 aromatic carbocycles. The summed E-state index contributed by atoms with van der Waals surface area (Å²) in [7, 11) is 1.67. The summed E-state index contributed by atoms with van der Waals surface area (Å²) in [6.07, 6.45) is 5.44. The Morgan fingerprint density at radius 1 is 1.26 bits per heavy atom. The number of benzene rings is 1. The van der Waals surface area contributed by atoms with E-state index in [1.807, 2.05) is 12.1 Å². The van der Waals surface area contributed by atoms with Gasteiger partial charge in [-0.15, -0.1) is 0 Å². The van der Waals surface area contributed by atoms with Gasteiger partial charge in [0.2, 0.25) is 5.91 Å². The van der Waals surface area contributed by atoms with Crippen molar-refractivity contribution >= 4 is 5.91 Å². The van der Waals surface area contributed by atoms with Crippen LogP contribution in [-0.4, -0.2) is 80.4 Å². The molecular weight excluding hydrogens is 394 g/mol. The Hall–Kier alpha value is -1.83. The number of fused-ring (bicyclic) bond motifs is 1. The lowest BCUT2D eigenvalue weighted by molar-refractivity contribution is -0.122. The minimum Gasteiger partial charge on any atom is -0.497 e. The molecule has 31 heavy (non-hydrogen) atoms. The number of nitrogens with zero attached hydrogens (tertiary/aromatic N) is 2. The van der Waals surface area contributed by atoms with Crippen molar-refractivity contribution in [1.29, 1.82) is 0 Å². The molecule has 4 rings (SSSR count). The molecule has 7 heteroatoms.